The van der Waals surface area contributed by atoms with E-state index in [-0.39, 0.29) is 17.4 Å². The van der Waals surface area contributed by atoms with Crippen molar-refractivity contribution in [2.45, 2.75) is 25.0 Å². The molecule has 0 radical (unpaired) electrons. The minimum Gasteiger partial charge on any atom is -0.493 e. The van der Waals surface area contributed by atoms with Crippen LogP contribution in [0, 0.1) is 0 Å². The molecule has 0 bridgehead atoms. The minimum atomic E-state index is -3.01. The fraction of sp³-hybridized carbons (Fsp3) is 0.318. The molecule has 1 aliphatic rings. The van der Waals surface area contributed by atoms with Gasteiger partial charge in [0.05, 0.1) is 12.6 Å². The Balaban J connectivity index is 1.84. The summed E-state index contributed by atoms with van der Waals surface area (Å²) in [5.41, 5.74) is 0.721. The molecule has 1 N–H and O–H groups in total. The van der Waals surface area contributed by atoms with Gasteiger partial charge < -0.3 is 19.5 Å². The van der Waals surface area contributed by atoms with Crippen molar-refractivity contribution in [3.63, 3.8) is 0 Å². The lowest BCUT2D eigenvalue weighted by atomic mass is 9.82. The first-order valence-electron chi connectivity index (χ1n) is 9.39. The van der Waals surface area contributed by atoms with E-state index in [1.54, 1.807) is 12.1 Å². The van der Waals surface area contributed by atoms with E-state index in [0.29, 0.717) is 31.6 Å². The number of benzene rings is 2. The smallest absolute Gasteiger partial charge is 0.387 e. The second-order valence-corrected chi connectivity index (χ2v) is 7.70. The maximum absolute atomic E-state index is 12.8. The maximum atomic E-state index is 12.8. The van der Waals surface area contributed by atoms with Crippen LogP contribution >= 0.6 is 15.9 Å². The van der Waals surface area contributed by atoms with Crippen molar-refractivity contribution in [3.8, 4) is 11.5 Å². The molecule has 1 saturated heterocycles. The van der Waals surface area contributed by atoms with Crippen molar-refractivity contribution in [1.82, 2.24) is 5.32 Å². The molecule has 30 heavy (non-hydrogen) atoms. The molecule has 160 valence electrons. The van der Waals surface area contributed by atoms with Crippen LogP contribution < -0.4 is 14.8 Å². The zero-order valence-electron chi connectivity index (χ0n) is 16.4. The Hall–Kier alpha value is -2.45. The molecule has 0 unspecified atom stereocenters. The quantitative estimate of drug-likeness (QED) is 0.571. The molecule has 5 nitrogen and oxygen atoms in total. The largest absolute Gasteiger partial charge is 0.493 e. The van der Waals surface area contributed by atoms with Gasteiger partial charge in [0.25, 0.3) is 0 Å². The summed E-state index contributed by atoms with van der Waals surface area (Å²) in [4.78, 5) is 12.8. The van der Waals surface area contributed by atoms with Crippen molar-refractivity contribution in [3.05, 3.63) is 64.1 Å². The highest BCUT2D eigenvalue weighted by atomic mass is 79.9. The summed E-state index contributed by atoms with van der Waals surface area (Å²) in [6.07, 6.45) is 4.00. The first-order valence-corrected chi connectivity index (χ1v) is 10.2. The number of carbonyl (C=O) groups excluding carboxylic acids is 1. The lowest BCUT2D eigenvalue weighted by Crippen LogP contribution is -2.49. The van der Waals surface area contributed by atoms with E-state index in [4.69, 9.17) is 9.47 Å². The van der Waals surface area contributed by atoms with Gasteiger partial charge in [0, 0.05) is 29.3 Å². The molecule has 3 rings (SSSR count). The first-order chi connectivity index (χ1) is 14.4. The van der Waals surface area contributed by atoms with Crippen LogP contribution in [0.2, 0.25) is 0 Å². The Bertz CT molecular complexity index is 914. The summed E-state index contributed by atoms with van der Waals surface area (Å²) >= 11 is 3.48. The van der Waals surface area contributed by atoms with Gasteiger partial charge in [0.1, 0.15) is 0 Å². The Kier molecular flexibility index (Phi) is 7.44. The van der Waals surface area contributed by atoms with Gasteiger partial charge in [-0.15, -0.1) is 0 Å². The van der Waals surface area contributed by atoms with Crippen molar-refractivity contribution >= 4 is 27.9 Å². The monoisotopic (exact) mass is 481 g/mol. The predicted octanol–water partition coefficient (Wildman–Crippen LogP) is 4.89. The second kappa shape index (κ2) is 10.0. The molecular weight excluding hydrogens is 460 g/mol. The number of nitrogens with one attached hydrogen (secondary N) is 1. The summed E-state index contributed by atoms with van der Waals surface area (Å²) in [6, 6.07) is 12.5. The number of hydrogen-bond donors (Lipinski definition) is 1. The van der Waals surface area contributed by atoms with Crippen molar-refractivity contribution in [2.24, 2.45) is 0 Å². The summed E-state index contributed by atoms with van der Waals surface area (Å²) in [5.74, 6) is -0.303. The Morgan fingerprint density at radius 3 is 2.63 bits per heavy atom. The molecule has 1 heterocycles. The molecule has 2 aromatic carbocycles. The molecule has 0 spiro atoms. The minimum absolute atomic E-state index is 0.119. The SMILES string of the molecule is COc1cccc(/C=C/C(=O)NC2(c3cccc(Br)c3)CCOCC2)c1OC(F)F. The van der Waals surface area contributed by atoms with E-state index in [1.807, 2.05) is 24.3 Å². The average molecular weight is 482 g/mol. The number of rotatable bonds is 7. The van der Waals surface area contributed by atoms with E-state index in [9.17, 15) is 13.6 Å². The average Bonchev–Trinajstić information content (AvgIpc) is 2.73. The van der Waals surface area contributed by atoms with Gasteiger partial charge in [0.15, 0.2) is 11.5 Å². The standard InChI is InChI=1S/C22H22BrF2NO4/c1-28-18-7-2-4-15(20(18)30-21(24)25)8-9-19(27)26-22(10-12-29-13-11-22)16-5-3-6-17(23)14-16/h2-9,14,21H,10-13H2,1H3,(H,26,27)/b9-8+. The molecule has 0 saturated carbocycles. The Labute approximate surface area is 182 Å². The molecule has 0 aromatic heterocycles. The van der Waals surface area contributed by atoms with Gasteiger partial charge in [-0.1, -0.05) is 40.2 Å². The molecular formula is C22H22BrF2NO4. The van der Waals surface area contributed by atoms with Crippen LogP contribution in [0.1, 0.15) is 24.0 Å². The summed E-state index contributed by atoms with van der Waals surface area (Å²) in [7, 11) is 1.36. The lowest BCUT2D eigenvalue weighted by Gasteiger charge is -2.38. The number of para-hydroxylation sites is 1. The van der Waals surface area contributed by atoms with E-state index in [0.717, 1.165) is 10.0 Å². The second-order valence-electron chi connectivity index (χ2n) is 6.78. The summed E-state index contributed by atoms with van der Waals surface area (Å²) in [5, 5.41) is 3.09. The van der Waals surface area contributed by atoms with E-state index < -0.39 is 12.2 Å². The van der Waals surface area contributed by atoms with Crippen LogP contribution in [0.15, 0.2) is 53.0 Å². The zero-order valence-corrected chi connectivity index (χ0v) is 18.0. The summed E-state index contributed by atoms with van der Waals surface area (Å²) < 4.78 is 41.7. The fourth-order valence-electron chi connectivity index (χ4n) is 3.47. The van der Waals surface area contributed by atoms with E-state index >= 15 is 0 Å². The normalized spacial score (nSPS) is 15.9. The Morgan fingerprint density at radius 2 is 1.97 bits per heavy atom. The molecule has 8 heteroatoms. The van der Waals surface area contributed by atoms with Crippen LogP contribution in [-0.4, -0.2) is 32.8 Å². The van der Waals surface area contributed by atoms with Gasteiger partial charge in [-0.05, 0) is 42.7 Å². The van der Waals surface area contributed by atoms with Crippen LogP contribution in [0.5, 0.6) is 11.5 Å². The van der Waals surface area contributed by atoms with Gasteiger partial charge in [-0.3, -0.25) is 4.79 Å². The van der Waals surface area contributed by atoms with Crippen LogP contribution in [0.25, 0.3) is 6.08 Å². The van der Waals surface area contributed by atoms with Gasteiger partial charge in [-0.25, -0.2) is 0 Å². The highest BCUT2D eigenvalue weighted by Gasteiger charge is 2.35. The topological polar surface area (TPSA) is 56.8 Å². The third-order valence-corrected chi connectivity index (χ3v) is 5.43. The van der Waals surface area contributed by atoms with Gasteiger partial charge in [-0.2, -0.15) is 8.78 Å². The Morgan fingerprint density at radius 1 is 1.23 bits per heavy atom. The van der Waals surface area contributed by atoms with Crippen molar-refractivity contribution in [2.75, 3.05) is 20.3 Å². The number of ether oxygens (including phenoxy) is 3. The zero-order chi connectivity index (χ0) is 21.6. The fourth-order valence-corrected chi connectivity index (χ4v) is 3.87. The van der Waals surface area contributed by atoms with E-state index in [2.05, 4.69) is 26.0 Å². The lowest BCUT2D eigenvalue weighted by molar-refractivity contribution is -0.119. The molecule has 0 atom stereocenters. The van der Waals surface area contributed by atoms with E-state index in [1.165, 1.54) is 25.3 Å². The molecule has 1 fully saturated rings. The molecule has 2 aromatic rings. The van der Waals surface area contributed by atoms with Crippen molar-refractivity contribution in [1.29, 1.82) is 0 Å². The molecule has 1 aliphatic heterocycles. The van der Waals surface area contributed by atoms with Crippen LogP contribution in [-0.2, 0) is 15.1 Å². The predicted molar refractivity (Wildman–Crippen MR) is 113 cm³/mol. The van der Waals surface area contributed by atoms with Gasteiger partial charge >= 0.3 is 6.61 Å². The highest BCUT2D eigenvalue weighted by Crippen LogP contribution is 2.35. The first kappa shape index (κ1) is 22.2. The van der Waals surface area contributed by atoms with Crippen LogP contribution in [0.3, 0.4) is 0 Å². The number of alkyl halides is 2. The molecule has 0 aliphatic carbocycles. The van der Waals surface area contributed by atoms with Crippen molar-refractivity contribution < 1.29 is 27.8 Å². The summed E-state index contributed by atoms with van der Waals surface area (Å²) in [6.45, 7) is -1.96. The third kappa shape index (κ3) is 5.37. The third-order valence-electron chi connectivity index (χ3n) is 4.94. The highest BCUT2D eigenvalue weighted by molar-refractivity contribution is 9.10. The number of halogens is 3. The van der Waals surface area contributed by atoms with Crippen LogP contribution in [0.4, 0.5) is 8.78 Å². The maximum Gasteiger partial charge on any atom is 0.387 e. The number of methoxy groups -OCH3 is 1. The van der Waals surface area contributed by atoms with Gasteiger partial charge in [0.2, 0.25) is 5.91 Å². The number of amides is 1. The number of carbonyl (C=O) groups is 1. The molecule has 1 amide bonds. The number of hydrogen-bond acceptors (Lipinski definition) is 4.